The average Bonchev–Trinajstić information content (AvgIpc) is 2.86. The van der Waals surface area contributed by atoms with Crippen LogP contribution in [0.15, 0.2) is 88.9 Å². The number of nitrogens with one attached hydrogen (secondary N) is 1. The molecule has 0 radical (unpaired) electrons. The topological polar surface area (TPSA) is 94.6 Å². The molecule has 1 aromatic heterocycles. The first-order chi connectivity index (χ1) is 15.9. The van der Waals surface area contributed by atoms with Crippen molar-refractivity contribution in [1.29, 1.82) is 0 Å². The molecular formula is C25H22N2O5S. The van der Waals surface area contributed by atoms with E-state index in [1.165, 1.54) is 38.5 Å². The van der Waals surface area contributed by atoms with Gasteiger partial charge in [0.15, 0.2) is 0 Å². The van der Waals surface area contributed by atoms with Crippen molar-refractivity contribution in [2.75, 3.05) is 14.2 Å². The Morgan fingerprint density at radius 3 is 2.21 bits per heavy atom. The van der Waals surface area contributed by atoms with Crippen LogP contribution in [0.4, 0.5) is 0 Å². The zero-order chi connectivity index (χ0) is 23.4. The second-order valence-corrected chi connectivity index (χ2v) is 9.27. The van der Waals surface area contributed by atoms with Crippen LogP contribution in [0, 0.1) is 0 Å². The van der Waals surface area contributed by atoms with Gasteiger partial charge in [-0.05, 0) is 53.4 Å². The summed E-state index contributed by atoms with van der Waals surface area (Å²) in [4.78, 5) is 16.8. The molecule has 0 saturated carbocycles. The van der Waals surface area contributed by atoms with Gasteiger partial charge in [0.25, 0.3) is 5.91 Å². The maximum Gasteiger partial charge on any atom is 0.251 e. The first-order valence-corrected chi connectivity index (χ1v) is 11.6. The van der Waals surface area contributed by atoms with E-state index in [9.17, 15) is 13.2 Å². The molecule has 0 spiro atoms. The third-order valence-electron chi connectivity index (χ3n) is 5.22. The highest BCUT2D eigenvalue weighted by atomic mass is 32.2. The standard InChI is InChI=1S/C25H22N2O5S/c1-31-21-12-22(32-2)14-24(13-21)33(29,30)23-7-3-17(4-8-23)15-27-25(28)19-6-5-18-9-10-26-16-20(18)11-19/h3-14,16H,15H2,1-2H3,(H,27,28). The number of aromatic nitrogens is 1. The van der Waals surface area contributed by atoms with Crippen molar-refractivity contribution in [3.63, 3.8) is 0 Å². The third kappa shape index (κ3) is 4.80. The Morgan fingerprint density at radius 1 is 0.848 bits per heavy atom. The van der Waals surface area contributed by atoms with E-state index in [2.05, 4.69) is 10.3 Å². The minimum Gasteiger partial charge on any atom is -0.497 e. The third-order valence-corrected chi connectivity index (χ3v) is 6.97. The highest BCUT2D eigenvalue weighted by Gasteiger charge is 2.20. The fraction of sp³-hybridized carbons (Fsp3) is 0.120. The van der Waals surface area contributed by atoms with Gasteiger partial charge in [0.05, 0.1) is 24.0 Å². The normalized spacial score (nSPS) is 11.2. The van der Waals surface area contributed by atoms with Crippen molar-refractivity contribution in [3.8, 4) is 11.5 Å². The van der Waals surface area contributed by atoms with Gasteiger partial charge in [-0.2, -0.15) is 0 Å². The van der Waals surface area contributed by atoms with E-state index in [0.29, 0.717) is 17.1 Å². The number of hydrogen-bond acceptors (Lipinski definition) is 6. The Labute approximate surface area is 191 Å². The molecule has 0 atom stereocenters. The molecule has 0 fully saturated rings. The fourth-order valence-electron chi connectivity index (χ4n) is 3.37. The fourth-order valence-corrected chi connectivity index (χ4v) is 4.68. The van der Waals surface area contributed by atoms with Crippen LogP contribution in [0.5, 0.6) is 11.5 Å². The van der Waals surface area contributed by atoms with Gasteiger partial charge in [-0.15, -0.1) is 0 Å². The zero-order valence-electron chi connectivity index (χ0n) is 18.1. The predicted molar refractivity (Wildman–Crippen MR) is 124 cm³/mol. The minimum atomic E-state index is -3.77. The van der Waals surface area contributed by atoms with Crippen LogP contribution >= 0.6 is 0 Å². The smallest absolute Gasteiger partial charge is 0.251 e. The predicted octanol–water partition coefficient (Wildman–Crippen LogP) is 4.01. The molecule has 8 heteroatoms. The number of sulfone groups is 1. The van der Waals surface area contributed by atoms with Gasteiger partial charge < -0.3 is 14.8 Å². The molecule has 0 saturated heterocycles. The summed E-state index contributed by atoms with van der Waals surface area (Å²) in [6.07, 6.45) is 3.42. The molecule has 1 amide bonds. The Hall–Kier alpha value is -3.91. The van der Waals surface area contributed by atoms with E-state index in [1.807, 2.05) is 12.1 Å². The summed E-state index contributed by atoms with van der Waals surface area (Å²) in [5, 5.41) is 4.75. The number of nitrogens with zero attached hydrogens (tertiary/aromatic N) is 1. The number of amides is 1. The van der Waals surface area contributed by atoms with Gasteiger partial charge in [0, 0.05) is 36.0 Å². The van der Waals surface area contributed by atoms with E-state index < -0.39 is 9.84 Å². The summed E-state index contributed by atoms with van der Waals surface area (Å²) < 4.78 is 36.5. The number of carbonyl (C=O) groups is 1. The molecule has 0 unspecified atom stereocenters. The number of benzene rings is 3. The van der Waals surface area contributed by atoms with Crippen LogP contribution in [0.3, 0.4) is 0 Å². The molecule has 4 aromatic rings. The SMILES string of the molecule is COc1cc(OC)cc(S(=O)(=O)c2ccc(CNC(=O)c3ccc4ccncc4c3)cc2)c1. The number of ether oxygens (including phenoxy) is 2. The van der Waals surface area contributed by atoms with E-state index in [0.717, 1.165) is 16.3 Å². The Morgan fingerprint density at radius 2 is 1.55 bits per heavy atom. The van der Waals surface area contributed by atoms with Gasteiger partial charge in [-0.1, -0.05) is 18.2 Å². The van der Waals surface area contributed by atoms with Crippen LogP contribution < -0.4 is 14.8 Å². The molecule has 168 valence electrons. The summed E-state index contributed by atoms with van der Waals surface area (Å²) in [6.45, 7) is 0.261. The van der Waals surface area contributed by atoms with Crippen LogP contribution in [-0.2, 0) is 16.4 Å². The quantitative estimate of drug-likeness (QED) is 0.446. The number of carbonyl (C=O) groups excluding carboxylic acids is 1. The molecule has 0 bridgehead atoms. The second-order valence-electron chi connectivity index (χ2n) is 7.32. The van der Waals surface area contributed by atoms with Crippen molar-refractivity contribution in [2.45, 2.75) is 16.3 Å². The molecule has 3 aromatic carbocycles. The van der Waals surface area contributed by atoms with E-state index >= 15 is 0 Å². The molecule has 1 N–H and O–H groups in total. The van der Waals surface area contributed by atoms with Crippen molar-refractivity contribution in [3.05, 3.63) is 90.3 Å². The minimum absolute atomic E-state index is 0.0746. The summed E-state index contributed by atoms with van der Waals surface area (Å²) >= 11 is 0. The molecule has 1 heterocycles. The molecule has 0 aliphatic carbocycles. The summed E-state index contributed by atoms with van der Waals surface area (Å²) in [6, 6.07) is 18.2. The number of fused-ring (bicyclic) bond motifs is 1. The molecular weight excluding hydrogens is 440 g/mol. The van der Waals surface area contributed by atoms with Gasteiger partial charge >= 0.3 is 0 Å². The van der Waals surface area contributed by atoms with Crippen molar-refractivity contribution in [1.82, 2.24) is 10.3 Å². The maximum absolute atomic E-state index is 13.1. The van der Waals surface area contributed by atoms with Crippen LogP contribution in [-0.4, -0.2) is 33.5 Å². The lowest BCUT2D eigenvalue weighted by atomic mass is 10.1. The molecule has 4 rings (SSSR count). The van der Waals surface area contributed by atoms with E-state index in [1.54, 1.807) is 42.7 Å². The van der Waals surface area contributed by atoms with Crippen molar-refractivity contribution >= 4 is 26.5 Å². The number of methoxy groups -OCH3 is 2. The van der Waals surface area contributed by atoms with Crippen LogP contribution in [0.25, 0.3) is 10.8 Å². The molecule has 33 heavy (non-hydrogen) atoms. The first kappa shape index (κ1) is 22.3. The second kappa shape index (κ2) is 9.30. The molecule has 0 aliphatic rings. The van der Waals surface area contributed by atoms with Crippen LogP contribution in [0.2, 0.25) is 0 Å². The molecule has 7 nitrogen and oxygen atoms in total. The Bertz CT molecular complexity index is 1390. The Balaban J connectivity index is 1.48. The largest absolute Gasteiger partial charge is 0.497 e. The number of pyridine rings is 1. The number of hydrogen-bond donors (Lipinski definition) is 1. The maximum atomic E-state index is 13.1. The van der Waals surface area contributed by atoms with E-state index in [-0.39, 0.29) is 22.2 Å². The average molecular weight is 463 g/mol. The monoisotopic (exact) mass is 462 g/mol. The van der Waals surface area contributed by atoms with Gasteiger partial charge in [-0.3, -0.25) is 9.78 Å². The zero-order valence-corrected chi connectivity index (χ0v) is 18.9. The highest BCUT2D eigenvalue weighted by Crippen LogP contribution is 2.29. The van der Waals surface area contributed by atoms with Crippen LogP contribution in [0.1, 0.15) is 15.9 Å². The van der Waals surface area contributed by atoms with Crippen molar-refractivity contribution < 1.29 is 22.7 Å². The first-order valence-electron chi connectivity index (χ1n) is 10.1. The summed E-state index contributed by atoms with van der Waals surface area (Å²) in [5.74, 6) is 0.550. The van der Waals surface area contributed by atoms with Gasteiger partial charge in [0.2, 0.25) is 9.84 Å². The lowest BCUT2D eigenvalue weighted by Crippen LogP contribution is -2.22. The van der Waals surface area contributed by atoms with Gasteiger partial charge in [0.1, 0.15) is 11.5 Å². The highest BCUT2D eigenvalue weighted by molar-refractivity contribution is 7.91. The summed E-state index contributed by atoms with van der Waals surface area (Å²) in [5.41, 5.74) is 1.30. The van der Waals surface area contributed by atoms with Crippen molar-refractivity contribution in [2.24, 2.45) is 0 Å². The lowest BCUT2D eigenvalue weighted by Gasteiger charge is -2.10. The molecule has 0 aliphatic heterocycles. The Kier molecular flexibility index (Phi) is 6.28. The summed E-state index contributed by atoms with van der Waals surface area (Å²) in [7, 11) is -0.846. The van der Waals surface area contributed by atoms with Gasteiger partial charge in [-0.25, -0.2) is 8.42 Å². The van der Waals surface area contributed by atoms with E-state index in [4.69, 9.17) is 9.47 Å². The lowest BCUT2D eigenvalue weighted by molar-refractivity contribution is 0.0951. The number of rotatable bonds is 7.